The molecular weight excluding hydrogens is 358 g/mol. The minimum absolute atomic E-state index is 0.602. The molecule has 7 heteroatoms. The van der Waals surface area contributed by atoms with E-state index in [0.717, 1.165) is 32.2 Å². The molecule has 4 heterocycles. The highest BCUT2D eigenvalue weighted by Gasteiger charge is 2.18. The number of furan rings is 1. The second kappa shape index (κ2) is 7.05. The molecular formula is C20H15N5OS. The van der Waals surface area contributed by atoms with Crippen LogP contribution in [0.5, 0.6) is 0 Å². The van der Waals surface area contributed by atoms with E-state index in [0.29, 0.717) is 17.0 Å². The summed E-state index contributed by atoms with van der Waals surface area (Å²) in [4.78, 5) is 22.6. The molecule has 4 aromatic rings. The zero-order chi connectivity index (χ0) is 18.8. The molecule has 4 aromatic heterocycles. The Balaban J connectivity index is 1.90. The molecule has 0 saturated heterocycles. The van der Waals surface area contributed by atoms with Crippen LogP contribution in [0.25, 0.3) is 37.8 Å². The summed E-state index contributed by atoms with van der Waals surface area (Å²) in [5, 5.41) is 1.79. The van der Waals surface area contributed by atoms with E-state index < -0.39 is 0 Å². The minimum Gasteiger partial charge on any atom is -0.462 e. The molecule has 0 unspecified atom stereocenters. The summed E-state index contributed by atoms with van der Waals surface area (Å²) in [6, 6.07) is 3.89. The maximum atomic E-state index is 5.62. The lowest BCUT2D eigenvalue weighted by Gasteiger charge is -2.05. The lowest BCUT2D eigenvalue weighted by Crippen LogP contribution is -1.92. The highest BCUT2D eigenvalue weighted by molar-refractivity contribution is 7.18. The van der Waals surface area contributed by atoms with Gasteiger partial charge in [0.25, 0.3) is 0 Å². The number of aryl methyl sites for hydroxylation is 1. The second-order valence-corrected chi connectivity index (χ2v) is 6.70. The summed E-state index contributed by atoms with van der Waals surface area (Å²) in [5.74, 6) is 0. The molecule has 6 nitrogen and oxygen atoms in total. The van der Waals surface area contributed by atoms with Crippen molar-refractivity contribution in [1.29, 1.82) is 0 Å². The lowest BCUT2D eigenvalue weighted by molar-refractivity contribution is 0.613. The van der Waals surface area contributed by atoms with Crippen LogP contribution >= 0.6 is 11.3 Å². The van der Waals surface area contributed by atoms with Crippen LogP contribution in [-0.2, 0) is 0 Å². The number of nitrogens with zero attached hydrogens (tertiary/aromatic N) is 5. The number of hydrogen-bond donors (Lipinski definition) is 0. The highest BCUT2D eigenvalue weighted by Crippen LogP contribution is 2.36. The van der Waals surface area contributed by atoms with Crippen molar-refractivity contribution in [2.75, 3.05) is 0 Å². The Kier molecular flexibility index (Phi) is 4.43. The molecule has 0 radical (unpaired) electrons. The minimum atomic E-state index is 0.602. The van der Waals surface area contributed by atoms with Gasteiger partial charge >= 0.3 is 0 Å². The molecule has 0 atom stereocenters. The number of aliphatic imine (C=N–C) groups is 1. The first-order valence-electron chi connectivity index (χ1n) is 8.12. The first-order valence-corrected chi connectivity index (χ1v) is 8.94. The Morgan fingerprint density at radius 3 is 2.81 bits per heavy atom. The molecule has 4 rings (SSSR count). The number of allylic oxidation sites excluding steroid dienone is 2. The van der Waals surface area contributed by atoms with Crippen molar-refractivity contribution in [1.82, 2.24) is 19.9 Å². The third-order valence-electron chi connectivity index (χ3n) is 3.96. The third-order valence-corrected chi connectivity index (χ3v) is 5.19. The fourth-order valence-electron chi connectivity index (χ4n) is 2.75. The van der Waals surface area contributed by atoms with Crippen LogP contribution in [-0.4, -0.2) is 26.7 Å². The van der Waals surface area contributed by atoms with Crippen molar-refractivity contribution in [3.8, 4) is 21.1 Å². The van der Waals surface area contributed by atoms with Crippen molar-refractivity contribution in [3.63, 3.8) is 0 Å². The average molecular weight is 373 g/mol. The molecule has 0 fully saturated rings. The Morgan fingerprint density at radius 2 is 2.07 bits per heavy atom. The molecule has 0 N–H and O–H groups in total. The zero-order valence-electron chi connectivity index (χ0n) is 14.6. The summed E-state index contributed by atoms with van der Waals surface area (Å²) in [6.07, 6.45) is 10.0. The van der Waals surface area contributed by atoms with Gasteiger partial charge in [-0.05, 0) is 31.9 Å². The number of aromatic nitrogens is 4. The van der Waals surface area contributed by atoms with Crippen LogP contribution < -0.4 is 0 Å². The van der Waals surface area contributed by atoms with Gasteiger partial charge in [-0.2, -0.15) is 0 Å². The summed E-state index contributed by atoms with van der Waals surface area (Å²) in [7, 11) is 0. The maximum Gasteiger partial charge on any atom is 0.161 e. The average Bonchev–Trinajstić information content (AvgIpc) is 3.32. The van der Waals surface area contributed by atoms with Gasteiger partial charge < -0.3 is 4.42 Å². The molecule has 0 aliphatic rings. The standard InChI is InChI=1S/C20H15N5OS/c1-4-5-15(21-3)17-18-13(6-7-26-18)8-16(25-17)19-12(2)24-20(27-19)14-9-22-11-23-10-14/h4-11H,1,3H2,2H3/b15-5-. The first-order chi connectivity index (χ1) is 13.2. The fraction of sp³-hybridized carbons (Fsp3) is 0.0500. The first kappa shape index (κ1) is 17.0. The van der Waals surface area contributed by atoms with Gasteiger partial charge in [-0.25, -0.2) is 19.9 Å². The number of hydrogen-bond acceptors (Lipinski definition) is 7. The normalized spacial score (nSPS) is 11.7. The van der Waals surface area contributed by atoms with Crippen molar-refractivity contribution < 1.29 is 4.42 Å². The van der Waals surface area contributed by atoms with Gasteiger partial charge in [0, 0.05) is 23.3 Å². The number of rotatable bonds is 5. The van der Waals surface area contributed by atoms with Crippen LogP contribution in [0.15, 0.2) is 65.3 Å². The predicted octanol–water partition coefficient (Wildman–Crippen LogP) is 4.94. The van der Waals surface area contributed by atoms with Gasteiger partial charge in [0.2, 0.25) is 0 Å². The number of fused-ring (bicyclic) bond motifs is 1. The van der Waals surface area contributed by atoms with Gasteiger partial charge in [0.15, 0.2) is 5.58 Å². The largest absolute Gasteiger partial charge is 0.462 e. The number of thiazole rings is 1. The monoisotopic (exact) mass is 373 g/mol. The molecule has 0 saturated carbocycles. The van der Waals surface area contributed by atoms with Gasteiger partial charge in [-0.15, -0.1) is 11.3 Å². The summed E-state index contributed by atoms with van der Waals surface area (Å²) >= 11 is 1.55. The Hall–Kier alpha value is -3.45. The van der Waals surface area contributed by atoms with Crippen LogP contribution in [0.1, 0.15) is 11.4 Å². The van der Waals surface area contributed by atoms with E-state index >= 15 is 0 Å². The molecule has 0 bridgehead atoms. The van der Waals surface area contributed by atoms with Gasteiger partial charge in [-0.3, -0.25) is 4.99 Å². The Labute approximate surface area is 159 Å². The summed E-state index contributed by atoms with van der Waals surface area (Å²) in [6.45, 7) is 9.34. The quantitative estimate of drug-likeness (QED) is 0.366. The SMILES string of the molecule is C=C/C=C(\N=C)c1nc(-c2sc(-c3cncnc3)nc2C)cc2ccoc12. The molecule has 132 valence electrons. The molecule has 27 heavy (non-hydrogen) atoms. The van der Waals surface area contributed by atoms with E-state index in [1.807, 2.05) is 19.1 Å². The maximum absolute atomic E-state index is 5.62. The molecule has 0 spiro atoms. The van der Waals surface area contributed by atoms with E-state index in [-0.39, 0.29) is 0 Å². The summed E-state index contributed by atoms with van der Waals surface area (Å²) < 4.78 is 5.62. The smallest absolute Gasteiger partial charge is 0.161 e. The van der Waals surface area contributed by atoms with E-state index in [1.54, 1.807) is 42.1 Å². The van der Waals surface area contributed by atoms with Crippen molar-refractivity contribution in [3.05, 3.63) is 67.2 Å². The molecule has 0 aliphatic carbocycles. The topological polar surface area (TPSA) is 77.1 Å². The lowest BCUT2D eigenvalue weighted by atomic mass is 10.1. The molecule has 0 aromatic carbocycles. The van der Waals surface area contributed by atoms with Gasteiger partial charge in [0.1, 0.15) is 17.0 Å². The number of pyridine rings is 1. The molecule has 0 amide bonds. The summed E-state index contributed by atoms with van der Waals surface area (Å²) in [5.41, 5.74) is 4.46. The van der Waals surface area contributed by atoms with Crippen LogP contribution in [0.3, 0.4) is 0 Å². The fourth-order valence-corrected chi connectivity index (χ4v) is 3.75. The van der Waals surface area contributed by atoms with Gasteiger partial charge in [0.05, 0.1) is 28.2 Å². The third kappa shape index (κ3) is 3.09. The van der Waals surface area contributed by atoms with Crippen molar-refractivity contribution in [2.45, 2.75) is 6.92 Å². The highest BCUT2D eigenvalue weighted by atomic mass is 32.1. The van der Waals surface area contributed by atoms with E-state index in [1.165, 1.54) is 6.33 Å². The molecule has 0 aliphatic heterocycles. The van der Waals surface area contributed by atoms with Gasteiger partial charge in [-0.1, -0.05) is 12.7 Å². The van der Waals surface area contributed by atoms with Crippen molar-refractivity contribution in [2.24, 2.45) is 4.99 Å². The van der Waals surface area contributed by atoms with E-state index in [4.69, 9.17) is 9.40 Å². The van der Waals surface area contributed by atoms with E-state index in [9.17, 15) is 0 Å². The Morgan fingerprint density at radius 1 is 1.26 bits per heavy atom. The van der Waals surface area contributed by atoms with E-state index in [2.05, 4.69) is 33.2 Å². The zero-order valence-corrected chi connectivity index (χ0v) is 15.4. The van der Waals surface area contributed by atoms with Crippen LogP contribution in [0.2, 0.25) is 0 Å². The predicted molar refractivity (Wildman–Crippen MR) is 109 cm³/mol. The Bertz CT molecular complexity index is 1170. The second-order valence-electron chi connectivity index (χ2n) is 5.70. The van der Waals surface area contributed by atoms with Crippen LogP contribution in [0.4, 0.5) is 0 Å². The van der Waals surface area contributed by atoms with Crippen LogP contribution in [0, 0.1) is 6.92 Å². The van der Waals surface area contributed by atoms with Crippen molar-refractivity contribution >= 4 is 34.7 Å².